The van der Waals surface area contributed by atoms with Crippen LogP contribution in [0.3, 0.4) is 0 Å². The molecule has 0 atom stereocenters. The van der Waals surface area contributed by atoms with E-state index in [-0.39, 0.29) is 16.5 Å². The Balaban J connectivity index is 1.12. The predicted molar refractivity (Wildman–Crippen MR) is 161 cm³/mol. The van der Waals surface area contributed by atoms with Gasteiger partial charge in [-0.1, -0.05) is 13.0 Å². The van der Waals surface area contributed by atoms with Crippen LogP contribution in [0.2, 0.25) is 0 Å². The van der Waals surface area contributed by atoms with Crippen LogP contribution >= 0.6 is 11.3 Å². The third-order valence-electron chi connectivity index (χ3n) is 9.22. The fourth-order valence-electron chi connectivity index (χ4n) is 6.37. The van der Waals surface area contributed by atoms with E-state index >= 15 is 0 Å². The molecule has 0 bridgehead atoms. The summed E-state index contributed by atoms with van der Waals surface area (Å²) in [6, 6.07) is 10.7. The maximum Gasteiger partial charge on any atom is 0.393 e. The molecule has 0 radical (unpaired) electrons. The van der Waals surface area contributed by atoms with Gasteiger partial charge in [0.2, 0.25) is 0 Å². The average molecular weight is 596 g/mol. The zero-order chi connectivity index (χ0) is 29.6. The highest BCUT2D eigenvalue weighted by atomic mass is 32.1. The van der Waals surface area contributed by atoms with Crippen molar-refractivity contribution in [1.29, 1.82) is 5.26 Å². The largest absolute Gasteiger partial charge is 0.393 e. The second-order valence-electron chi connectivity index (χ2n) is 11.9. The van der Waals surface area contributed by atoms with Crippen molar-refractivity contribution in [3.63, 3.8) is 0 Å². The van der Waals surface area contributed by atoms with Gasteiger partial charge in [0, 0.05) is 53.5 Å². The molecule has 4 heterocycles. The molecule has 0 amide bonds. The summed E-state index contributed by atoms with van der Waals surface area (Å²) in [7, 11) is 2.18. The normalized spacial score (nSPS) is 17.8. The topological polar surface area (TPSA) is 73.0 Å². The van der Waals surface area contributed by atoms with Crippen LogP contribution < -0.4 is 5.32 Å². The first-order valence-corrected chi connectivity index (χ1v) is 15.4. The second kappa shape index (κ2) is 11.1. The maximum absolute atomic E-state index is 12.9. The molecule has 2 aliphatic rings. The first-order chi connectivity index (χ1) is 20.1. The molecule has 4 aromatic rings. The van der Waals surface area contributed by atoms with E-state index in [1.54, 1.807) is 6.07 Å². The number of aryl methyl sites for hydroxylation is 1. The summed E-state index contributed by atoms with van der Waals surface area (Å²) in [6.45, 7) is 8.84. The number of rotatable bonds is 9. The Morgan fingerprint density at radius 2 is 1.93 bits per heavy atom. The van der Waals surface area contributed by atoms with Crippen molar-refractivity contribution in [1.82, 2.24) is 24.3 Å². The molecule has 6 rings (SSSR count). The van der Waals surface area contributed by atoms with Crippen molar-refractivity contribution in [3.8, 4) is 6.07 Å². The van der Waals surface area contributed by atoms with E-state index in [9.17, 15) is 18.4 Å². The summed E-state index contributed by atoms with van der Waals surface area (Å²) in [5.41, 5.74) is 4.52. The van der Waals surface area contributed by atoms with Crippen LogP contribution in [0.4, 0.5) is 19.0 Å². The monoisotopic (exact) mass is 595 g/mol. The van der Waals surface area contributed by atoms with Crippen LogP contribution in [0.25, 0.3) is 21.1 Å². The summed E-state index contributed by atoms with van der Waals surface area (Å²) in [6.07, 6.45) is 0.379. The van der Waals surface area contributed by atoms with Gasteiger partial charge in [-0.05, 0) is 75.5 Å². The Labute approximate surface area is 248 Å². The maximum atomic E-state index is 12.9. The average Bonchev–Trinajstić information content (AvgIpc) is 3.49. The first kappa shape index (κ1) is 28.9. The molecule has 1 N–H and O–H groups in total. The van der Waals surface area contributed by atoms with Crippen molar-refractivity contribution in [3.05, 3.63) is 52.3 Å². The number of benzene rings is 1. The number of nitriles is 1. The molecular weight excluding hydrogens is 559 g/mol. The Morgan fingerprint density at radius 1 is 1.17 bits per heavy atom. The van der Waals surface area contributed by atoms with Gasteiger partial charge < -0.3 is 9.88 Å². The van der Waals surface area contributed by atoms with Crippen LogP contribution in [0.15, 0.2) is 30.6 Å². The van der Waals surface area contributed by atoms with Crippen molar-refractivity contribution >= 4 is 38.3 Å². The van der Waals surface area contributed by atoms with Crippen LogP contribution in [-0.2, 0) is 19.5 Å². The number of hydrogen-bond donors (Lipinski definition) is 1. The van der Waals surface area contributed by atoms with Gasteiger partial charge in [-0.3, -0.25) is 9.80 Å². The molecule has 222 valence electrons. The minimum Gasteiger partial charge on any atom is -0.367 e. The van der Waals surface area contributed by atoms with Gasteiger partial charge in [-0.25, -0.2) is 9.97 Å². The molecule has 7 nitrogen and oxygen atoms in total. The number of nitrogens with zero attached hydrogens (tertiary/aromatic N) is 6. The number of aromatic nitrogens is 3. The van der Waals surface area contributed by atoms with Crippen LogP contribution in [0.1, 0.15) is 54.3 Å². The van der Waals surface area contributed by atoms with E-state index in [0.717, 1.165) is 86.3 Å². The van der Waals surface area contributed by atoms with E-state index < -0.39 is 12.6 Å². The van der Waals surface area contributed by atoms with Gasteiger partial charge in [0.15, 0.2) is 0 Å². The number of likely N-dealkylation sites (tertiary alicyclic amines) is 1. The number of hydrogen-bond acceptors (Lipinski definition) is 7. The van der Waals surface area contributed by atoms with Crippen molar-refractivity contribution in [2.75, 3.05) is 32.0 Å². The molecule has 1 aromatic carbocycles. The number of thiophene rings is 1. The third-order valence-corrected chi connectivity index (χ3v) is 10.3. The highest BCUT2D eigenvalue weighted by Crippen LogP contribution is 2.43. The van der Waals surface area contributed by atoms with E-state index in [0.29, 0.717) is 16.0 Å². The molecular formula is C31H36F3N7S. The zero-order valence-electron chi connectivity index (χ0n) is 24.3. The molecule has 1 aliphatic carbocycles. The minimum absolute atomic E-state index is 0.156. The number of anilines is 1. The predicted octanol–water partition coefficient (Wildman–Crippen LogP) is 6.49. The quantitative estimate of drug-likeness (QED) is 0.239. The van der Waals surface area contributed by atoms with Crippen LogP contribution in [-0.4, -0.2) is 68.8 Å². The third kappa shape index (κ3) is 5.72. The van der Waals surface area contributed by atoms with E-state index in [4.69, 9.17) is 0 Å². The second-order valence-corrected chi connectivity index (χ2v) is 13.0. The molecule has 1 aliphatic heterocycles. The molecule has 2 fully saturated rings. The standard InChI is InChI=1S/C31H36F3N7S/c1-4-39(3)30(9-10-30)18-41-23(16-35)13-25-20(2)21(5-6-27(25)41)17-40-11-7-22(8-12-40)38-28-26-14-24(15-31(32,33)34)42-29(26)37-19-36-28/h5-6,13-14,19,22H,4,7-12,15,17-18H2,1-3H3,(H,36,37,38). The Morgan fingerprint density at radius 3 is 2.60 bits per heavy atom. The molecule has 42 heavy (non-hydrogen) atoms. The van der Waals surface area contributed by atoms with Gasteiger partial charge in [0.05, 0.1) is 11.8 Å². The zero-order valence-corrected chi connectivity index (χ0v) is 25.1. The number of likely N-dealkylation sites (N-methyl/N-ethyl adjacent to an activating group) is 1. The lowest BCUT2D eigenvalue weighted by Crippen LogP contribution is -2.39. The summed E-state index contributed by atoms with van der Waals surface area (Å²) in [5, 5.41) is 15.2. The fourth-order valence-corrected chi connectivity index (χ4v) is 7.39. The highest BCUT2D eigenvalue weighted by Gasteiger charge is 2.46. The fraction of sp³-hybridized carbons (Fsp3) is 0.516. The van der Waals surface area contributed by atoms with Crippen molar-refractivity contribution < 1.29 is 13.2 Å². The summed E-state index contributed by atoms with van der Waals surface area (Å²) >= 11 is 1.07. The van der Waals surface area contributed by atoms with E-state index in [1.807, 2.05) is 0 Å². The van der Waals surface area contributed by atoms with Gasteiger partial charge >= 0.3 is 6.18 Å². The molecule has 1 saturated carbocycles. The lowest BCUT2D eigenvalue weighted by atomic mass is 10.0. The Bertz CT molecular complexity index is 1640. The number of nitrogens with one attached hydrogen (secondary N) is 1. The van der Waals surface area contributed by atoms with Crippen LogP contribution in [0, 0.1) is 18.3 Å². The van der Waals surface area contributed by atoms with Crippen molar-refractivity contribution in [2.45, 2.75) is 76.8 Å². The lowest BCUT2D eigenvalue weighted by molar-refractivity contribution is -0.126. The van der Waals surface area contributed by atoms with Crippen LogP contribution in [0.5, 0.6) is 0 Å². The number of halogens is 3. The summed E-state index contributed by atoms with van der Waals surface area (Å²) in [4.78, 5) is 14.2. The molecule has 0 spiro atoms. The molecule has 3 aromatic heterocycles. The number of alkyl halides is 3. The molecule has 0 unspecified atom stereocenters. The summed E-state index contributed by atoms with van der Waals surface area (Å²) < 4.78 is 40.9. The molecule has 1 saturated heterocycles. The van der Waals surface area contributed by atoms with Gasteiger partial charge in [-0.2, -0.15) is 18.4 Å². The van der Waals surface area contributed by atoms with E-state index in [1.165, 1.54) is 17.5 Å². The van der Waals surface area contributed by atoms with Crippen molar-refractivity contribution in [2.24, 2.45) is 0 Å². The SMILES string of the molecule is CCN(C)C1(Cn2c(C#N)cc3c(C)c(CN4CCC(Nc5ncnc6sc(CC(F)(F)F)cc56)CC4)ccc32)CC1. The van der Waals surface area contributed by atoms with Gasteiger partial charge in [0.25, 0.3) is 0 Å². The lowest BCUT2D eigenvalue weighted by Gasteiger charge is -2.33. The minimum atomic E-state index is -4.25. The molecule has 11 heteroatoms. The van der Waals surface area contributed by atoms with Gasteiger partial charge in [0.1, 0.15) is 28.7 Å². The van der Waals surface area contributed by atoms with E-state index in [2.05, 4.69) is 74.8 Å². The smallest absolute Gasteiger partial charge is 0.367 e. The highest BCUT2D eigenvalue weighted by molar-refractivity contribution is 7.18. The van der Waals surface area contributed by atoms with Gasteiger partial charge in [-0.15, -0.1) is 11.3 Å². The Kier molecular flexibility index (Phi) is 7.66. The number of piperidine rings is 1. The first-order valence-electron chi connectivity index (χ1n) is 14.6. The summed E-state index contributed by atoms with van der Waals surface area (Å²) in [5.74, 6) is 0.611. The number of fused-ring (bicyclic) bond motifs is 2. The Hall–Kier alpha value is -3.20.